The van der Waals surface area contributed by atoms with Gasteiger partial charge >= 0.3 is 5.97 Å². The molecule has 0 aliphatic rings. The third-order valence-electron chi connectivity index (χ3n) is 3.40. The van der Waals surface area contributed by atoms with Crippen molar-refractivity contribution >= 4 is 17.7 Å². The highest BCUT2D eigenvalue weighted by Crippen LogP contribution is 2.22. The molecule has 0 fully saturated rings. The fourth-order valence-corrected chi connectivity index (χ4v) is 2.16. The minimum Gasteiger partial charge on any atom is -0.439 e. The number of esters is 1. The molecule has 1 aromatic heterocycles. The molecule has 0 saturated heterocycles. The molecule has 134 valence electrons. The standard InChI is InChI=1S/C20H14N2O5/c23-20(12-7-15-4-3-5-16(14-15)22(24)25)27-18-10-8-17(9-11-18)26-19-6-1-2-13-21-19/h1-14H/b12-7+. The van der Waals surface area contributed by atoms with Crippen LogP contribution in [0.1, 0.15) is 5.56 Å². The summed E-state index contributed by atoms with van der Waals surface area (Å²) >= 11 is 0. The summed E-state index contributed by atoms with van der Waals surface area (Å²) in [6.45, 7) is 0. The maximum Gasteiger partial charge on any atom is 0.336 e. The summed E-state index contributed by atoms with van der Waals surface area (Å²) < 4.78 is 10.7. The number of nitro groups is 1. The monoisotopic (exact) mass is 362 g/mol. The fraction of sp³-hybridized carbons (Fsp3) is 0. The second-order valence-corrected chi connectivity index (χ2v) is 5.35. The fourth-order valence-electron chi connectivity index (χ4n) is 2.16. The Kier molecular flexibility index (Phi) is 5.54. The minimum absolute atomic E-state index is 0.0472. The molecule has 27 heavy (non-hydrogen) atoms. The lowest BCUT2D eigenvalue weighted by Crippen LogP contribution is -2.03. The molecule has 0 aliphatic heterocycles. The summed E-state index contributed by atoms with van der Waals surface area (Å²) in [6.07, 6.45) is 4.28. The van der Waals surface area contributed by atoms with Gasteiger partial charge in [0.25, 0.3) is 5.69 Å². The van der Waals surface area contributed by atoms with Crippen LogP contribution in [0.15, 0.2) is 79.0 Å². The van der Waals surface area contributed by atoms with Crippen molar-refractivity contribution in [2.24, 2.45) is 0 Å². The van der Waals surface area contributed by atoms with E-state index in [1.807, 2.05) is 6.07 Å². The number of hydrogen-bond acceptors (Lipinski definition) is 6. The number of pyridine rings is 1. The predicted molar refractivity (Wildman–Crippen MR) is 98.5 cm³/mol. The molecule has 3 rings (SSSR count). The lowest BCUT2D eigenvalue weighted by Gasteiger charge is -2.05. The molecule has 0 bridgehead atoms. The summed E-state index contributed by atoms with van der Waals surface area (Å²) in [5, 5.41) is 10.8. The number of benzene rings is 2. The van der Waals surface area contributed by atoms with Gasteiger partial charge < -0.3 is 9.47 Å². The van der Waals surface area contributed by atoms with Gasteiger partial charge in [-0.3, -0.25) is 10.1 Å². The van der Waals surface area contributed by atoms with Gasteiger partial charge in [0.1, 0.15) is 11.5 Å². The average Bonchev–Trinajstić information content (AvgIpc) is 2.69. The van der Waals surface area contributed by atoms with Crippen LogP contribution in [0.25, 0.3) is 6.08 Å². The number of carbonyl (C=O) groups excluding carboxylic acids is 1. The first-order valence-electron chi connectivity index (χ1n) is 7.93. The van der Waals surface area contributed by atoms with E-state index in [0.717, 1.165) is 0 Å². The third kappa shape index (κ3) is 5.23. The van der Waals surface area contributed by atoms with Crippen molar-refractivity contribution in [3.63, 3.8) is 0 Å². The van der Waals surface area contributed by atoms with E-state index < -0.39 is 10.9 Å². The molecule has 3 aromatic rings. The Morgan fingerprint density at radius 3 is 2.48 bits per heavy atom. The van der Waals surface area contributed by atoms with E-state index in [4.69, 9.17) is 9.47 Å². The summed E-state index contributed by atoms with van der Waals surface area (Å²) in [5.41, 5.74) is 0.481. The highest BCUT2D eigenvalue weighted by atomic mass is 16.6. The second kappa shape index (κ2) is 8.39. The normalized spacial score (nSPS) is 10.5. The molecule has 0 N–H and O–H groups in total. The average molecular weight is 362 g/mol. The highest BCUT2D eigenvalue weighted by molar-refractivity contribution is 5.88. The van der Waals surface area contributed by atoms with Crippen LogP contribution in [0.5, 0.6) is 17.4 Å². The number of nitro benzene ring substituents is 1. The summed E-state index contributed by atoms with van der Waals surface area (Å²) in [6, 6.07) is 17.8. The summed E-state index contributed by atoms with van der Waals surface area (Å²) in [7, 11) is 0. The van der Waals surface area contributed by atoms with Crippen molar-refractivity contribution < 1.29 is 19.2 Å². The van der Waals surface area contributed by atoms with Crippen LogP contribution in [0.4, 0.5) is 5.69 Å². The van der Waals surface area contributed by atoms with Crippen LogP contribution in [0.3, 0.4) is 0 Å². The van der Waals surface area contributed by atoms with Crippen molar-refractivity contribution in [2.45, 2.75) is 0 Å². The Labute approximate surface area is 154 Å². The van der Waals surface area contributed by atoms with Crippen molar-refractivity contribution in [1.82, 2.24) is 4.98 Å². The predicted octanol–water partition coefficient (Wildman–Crippen LogP) is 4.40. The van der Waals surface area contributed by atoms with Gasteiger partial charge in [0, 0.05) is 30.5 Å². The van der Waals surface area contributed by atoms with Gasteiger partial charge in [0.05, 0.1) is 4.92 Å². The second-order valence-electron chi connectivity index (χ2n) is 5.35. The zero-order valence-electron chi connectivity index (χ0n) is 14.0. The maximum absolute atomic E-state index is 11.9. The molecule has 0 spiro atoms. The third-order valence-corrected chi connectivity index (χ3v) is 3.40. The lowest BCUT2D eigenvalue weighted by atomic mass is 10.2. The zero-order valence-corrected chi connectivity index (χ0v) is 14.0. The van der Waals surface area contributed by atoms with Gasteiger partial charge in [0.15, 0.2) is 0 Å². The lowest BCUT2D eigenvalue weighted by molar-refractivity contribution is -0.384. The van der Waals surface area contributed by atoms with Crippen molar-refractivity contribution in [1.29, 1.82) is 0 Å². The molecule has 7 heteroatoms. The Bertz CT molecular complexity index is 969. The van der Waals surface area contributed by atoms with E-state index in [0.29, 0.717) is 22.9 Å². The molecule has 0 saturated carbocycles. The first-order chi connectivity index (χ1) is 13.1. The number of aromatic nitrogens is 1. The van der Waals surface area contributed by atoms with Crippen LogP contribution >= 0.6 is 0 Å². The smallest absolute Gasteiger partial charge is 0.336 e. The van der Waals surface area contributed by atoms with E-state index in [1.54, 1.807) is 54.7 Å². The van der Waals surface area contributed by atoms with Crippen LogP contribution in [-0.4, -0.2) is 15.9 Å². The van der Waals surface area contributed by atoms with E-state index >= 15 is 0 Å². The first kappa shape index (κ1) is 17.8. The quantitative estimate of drug-likeness (QED) is 0.212. The summed E-state index contributed by atoms with van der Waals surface area (Å²) in [4.78, 5) is 26.2. The largest absolute Gasteiger partial charge is 0.439 e. The molecular weight excluding hydrogens is 348 g/mol. The Hall–Kier alpha value is -4.00. The number of carbonyl (C=O) groups is 1. The molecule has 2 aromatic carbocycles. The van der Waals surface area contributed by atoms with Gasteiger partial charge in [-0.2, -0.15) is 0 Å². The minimum atomic E-state index is -0.597. The molecule has 0 radical (unpaired) electrons. The van der Waals surface area contributed by atoms with Crippen molar-refractivity contribution in [2.75, 3.05) is 0 Å². The van der Waals surface area contributed by atoms with Crippen LogP contribution in [0.2, 0.25) is 0 Å². The number of ether oxygens (including phenoxy) is 2. The van der Waals surface area contributed by atoms with Crippen molar-refractivity contribution in [3.8, 4) is 17.4 Å². The Morgan fingerprint density at radius 2 is 1.78 bits per heavy atom. The Morgan fingerprint density at radius 1 is 1.00 bits per heavy atom. The molecule has 0 unspecified atom stereocenters. The highest BCUT2D eigenvalue weighted by Gasteiger charge is 2.05. The van der Waals surface area contributed by atoms with Gasteiger partial charge in [-0.25, -0.2) is 9.78 Å². The SMILES string of the molecule is O=C(/C=C/c1cccc([N+](=O)[O-])c1)Oc1ccc(Oc2ccccn2)cc1. The molecular formula is C20H14N2O5. The van der Waals surface area contributed by atoms with E-state index in [2.05, 4.69) is 4.98 Å². The van der Waals surface area contributed by atoms with Gasteiger partial charge in [0.2, 0.25) is 5.88 Å². The molecule has 7 nitrogen and oxygen atoms in total. The molecule has 0 amide bonds. The number of rotatable bonds is 6. The van der Waals surface area contributed by atoms with Crippen LogP contribution in [-0.2, 0) is 4.79 Å². The summed E-state index contributed by atoms with van der Waals surface area (Å²) in [5.74, 6) is 0.764. The van der Waals surface area contributed by atoms with Crippen molar-refractivity contribution in [3.05, 3.63) is 94.7 Å². The number of hydrogen-bond donors (Lipinski definition) is 0. The van der Waals surface area contributed by atoms with Crippen LogP contribution in [0, 0.1) is 10.1 Å². The first-order valence-corrected chi connectivity index (χ1v) is 7.93. The Balaban J connectivity index is 1.59. The molecule has 0 atom stereocenters. The van der Waals surface area contributed by atoms with E-state index in [1.165, 1.54) is 24.3 Å². The van der Waals surface area contributed by atoms with Gasteiger partial charge in [-0.1, -0.05) is 18.2 Å². The molecule has 1 heterocycles. The number of non-ortho nitro benzene ring substituents is 1. The van der Waals surface area contributed by atoms with E-state index in [-0.39, 0.29) is 5.69 Å². The molecule has 0 aliphatic carbocycles. The maximum atomic E-state index is 11.9. The van der Waals surface area contributed by atoms with Gasteiger partial charge in [-0.05, 0) is 42.0 Å². The van der Waals surface area contributed by atoms with Crippen LogP contribution < -0.4 is 9.47 Å². The van der Waals surface area contributed by atoms with E-state index in [9.17, 15) is 14.9 Å². The topological polar surface area (TPSA) is 91.6 Å². The number of nitrogens with zero attached hydrogens (tertiary/aromatic N) is 2. The van der Waals surface area contributed by atoms with Gasteiger partial charge in [-0.15, -0.1) is 0 Å². The zero-order chi connectivity index (χ0) is 19.1.